The standard InChI is InChI=1S/C11H6ClN5O2S/c12-9-2-1-7(4-13)3-10(9)20(18,19)17-11-8(5-14)6-15-16-11/h1-3,6H,(H2,15,16,17). The molecule has 0 atom stereocenters. The van der Waals surface area contributed by atoms with Gasteiger partial charge in [0.1, 0.15) is 16.5 Å². The maximum atomic E-state index is 12.2. The predicted octanol–water partition coefficient (Wildman–Crippen LogP) is 1.61. The Morgan fingerprint density at radius 2 is 2.05 bits per heavy atom. The average molecular weight is 308 g/mol. The third-order valence-electron chi connectivity index (χ3n) is 2.35. The summed E-state index contributed by atoms with van der Waals surface area (Å²) in [7, 11) is -4.03. The molecule has 2 aromatic rings. The van der Waals surface area contributed by atoms with Crippen LogP contribution >= 0.6 is 11.6 Å². The van der Waals surface area contributed by atoms with Crippen molar-refractivity contribution in [2.75, 3.05) is 4.72 Å². The maximum Gasteiger partial charge on any atom is 0.264 e. The number of nitriles is 2. The van der Waals surface area contributed by atoms with E-state index in [4.69, 9.17) is 22.1 Å². The fraction of sp³-hybridized carbons (Fsp3) is 0. The number of halogens is 1. The van der Waals surface area contributed by atoms with E-state index in [9.17, 15) is 8.42 Å². The summed E-state index contributed by atoms with van der Waals surface area (Å²) >= 11 is 5.83. The SMILES string of the molecule is N#Cc1ccc(Cl)c(S(=O)(=O)Nc2[nH]ncc2C#N)c1. The molecule has 0 bridgehead atoms. The number of H-pyrrole nitrogens is 1. The van der Waals surface area contributed by atoms with Crippen molar-refractivity contribution < 1.29 is 8.42 Å². The summed E-state index contributed by atoms with van der Waals surface area (Å²) in [6.07, 6.45) is 1.19. The Labute approximate surface area is 119 Å². The number of hydrogen-bond acceptors (Lipinski definition) is 5. The number of nitrogens with one attached hydrogen (secondary N) is 2. The van der Waals surface area contributed by atoms with Gasteiger partial charge in [-0.2, -0.15) is 15.6 Å². The second kappa shape index (κ2) is 5.21. The molecule has 0 spiro atoms. The molecule has 2 N–H and O–H groups in total. The van der Waals surface area contributed by atoms with Gasteiger partial charge in [0.15, 0.2) is 5.82 Å². The summed E-state index contributed by atoms with van der Waals surface area (Å²) in [6, 6.07) is 7.46. The van der Waals surface area contributed by atoms with E-state index < -0.39 is 10.0 Å². The number of benzene rings is 1. The number of aromatic nitrogens is 2. The summed E-state index contributed by atoms with van der Waals surface area (Å²) in [6.45, 7) is 0. The lowest BCUT2D eigenvalue weighted by Crippen LogP contribution is -2.14. The second-order valence-corrected chi connectivity index (χ2v) is 5.69. The molecule has 20 heavy (non-hydrogen) atoms. The van der Waals surface area contributed by atoms with Crippen molar-refractivity contribution in [2.24, 2.45) is 0 Å². The van der Waals surface area contributed by atoms with Gasteiger partial charge in [0, 0.05) is 0 Å². The largest absolute Gasteiger partial charge is 0.264 e. The first-order valence-corrected chi connectivity index (χ1v) is 7.00. The molecule has 2 rings (SSSR count). The van der Waals surface area contributed by atoms with Crippen LogP contribution in [0, 0.1) is 22.7 Å². The summed E-state index contributed by atoms with van der Waals surface area (Å²) in [5.74, 6) is -0.0640. The van der Waals surface area contributed by atoms with Crippen LogP contribution in [0.25, 0.3) is 0 Å². The van der Waals surface area contributed by atoms with E-state index in [1.165, 1.54) is 18.3 Å². The number of rotatable bonds is 3. The topological polar surface area (TPSA) is 122 Å². The quantitative estimate of drug-likeness (QED) is 0.891. The molecule has 0 amide bonds. The zero-order chi connectivity index (χ0) is 14.8. The van der Waals surface area contributed by atoms with Gasteiger partial charge in [0.25, 0.3) is 10.0 Å². The van der Waals surface area contributed by atoms with Crippen LogP contribution < -0.4 is 4.72 Å². The minimum absolute atomic E-state index is 0.0328. The number of hydrogen-bond donors (Lipinski definition) is 2. The van der Waals surface area contributed by atoms with Crippen LogP contribution in [0.15, 0.2) is 29.3 Å². The number of nitrogens with zero attached hydrogens (tertiary/aromatic N) is 3. The van der Waals surface area contributed by atoms with Crippen LogP contribution in [-0.2, 0) is 10.0 Å². The highest BCUT2D eigenvalue weighted by Gasteiger charge is 2.21. The lowest BCUT2D eigenvalue weighted by molar-refractivity contribution is 0.601. The summed E-state index contributed by atoms with van der Waals surface area (Å²) in [5.41, 5.74) is 0.195. The fourth-order valence-electron chi connectivity index (χ4n) is 1.42. The van der Waals surface area contributed by atoms with Gasteiger partial charge in [-0.05, 0) is 18.2 Å². The van der Waals surface area contributed by atoms with Gasteiger partial charge in [0.2, 0.25) is 0 Å². The van der Waals surface area contributed by atoms with Crippen LogP contribution in [-0.4, -0.2) is 18.6 Å². The summed E-state index contributed by atoms with van der Waals surface area (Å²) in [4.78, 5) is -0.253. The van der Waals surface area contributed by atoms with Gasteiger partial charge in [-0.1, -0.05) is 11.6 Å². The Bertz CT molecular complexity index is 844. The van der Waals surface area contributed by atoms with Crippen LogP contribution in [0.5, 0.6) is 0 Å². The summed E-state index contributed by atoms with van der Waals surface area (Å²) in [5, 5.41) is 23.5. The highest BCUT2D eigenvalue weighted by Crippen LogP contribution is 2.25. The van der Waals surface area contributed by atoms with E-state index in [2.05, 4.69) is 14.9 Å². The van der Waals surface area contributed by atoms with Crippen molar-refractivity contribution >= 4 is 27.4 Å². The molecule has 0 unspecified atom stereocenters. The van der Waals surface area contributed by atoms with Gasteiger partial charge in [-0.3, -0.25) is 9.82 Å². The zero-order valence-corrected chi connectivity index (χ0v) is 11.3. The third-order valence-corrected chi connectivity index (χ3v) is 4.18. The molecule has 0 aliphatic carbocycles. The van der Waals surface area contributed by atoms with Gasteiger partial charge in [-0.25, -0.2) is 8.42 Å². The van der Waals surface area contributed by atoms with Gasteiger partial charge in [-0.15, -0.1) is 0 Å². The lowest BCUT2D eigenvalue weighted by Gasteiger charge is -2.08. The van der Waals surface area contributed by atoms with Gasteiger partial charge >= 0.3 is 0 Å². The molecule has 0 saturated heterocycles. The van der Waals surface area contributed by atoms with E-state index in [-0.39, 0.29) is 26.9 Å². The highest BCUT2D eigenvalue weighted by atomic mass is 35.5. The molecule has 0 aliphatic rings. The molecular weight excluding hydrogens is 302 g/mol. The Balaban J connectivity index is 2.47. The normalized spacial score (nSPS) is 10.6. The van der Waals surface area contributed by atoms with E-state index >= 15 is 0 Å². The first-order chi connectivity index (χ1) is 9.47. The van der Waals surface area contributed by atoms with Gasteiger partial charge in [0.05, 0.1) is 22.9 Å². The first kappa shape index (κ1) is 13.9. The molecule has 0 aliphatic heterocycles. The van der Waals surface area contributed by atoms with E-state index in [1.807, 2.05) is 6.07 Å². The molecule has 0 fully saturated rings. The van der Waals surface area contributed by atoms with Crippen LogP contribution in [0.4, 0.5) is 5.82 Å². The lowest BCUT2D eigenvalue weighted by atomic mass is 10.2. The van der Waals surface area contributed by atoms with Crippen molar-refractivity contribution in [1.29, 1.82) is 10.5 Å². The average Bonchev–Trinajstić information content (AvgIpc) is 2.85. The molecule has 100 valence electrons. The molecule has 1 heterocycles. The second-order valence-electron chi connectivity index (χ2n) is 3.63. The third kappa shape index (κ3) is 2.57. The molecule has 7 nitrogen and oxygen atoms in total. The Kier molecular flexibility index (Phi) is 3.61. The number of anilines is 1. The summed E-state index contributed by atoms with van der Waals surface area (Å²) < 4.78 is 26.6. The molecule has 9 heteroatoms. The molecule has 0 saturated carbocycles. The molecule has 1 aromatic carbocycles. The number of sulfonamides is 1. The fourth-order valence-corrected chi connectivity index (χ4v) is 2.98. The Morgan fingerprint density at radius 1 is 1.30 bits per heavy atom. The van der Waals surface area contributed by atoms with E-state index in [0.29, 0.717) is 0 Å². The van der Waals surface area contributed by atoms with Crippen molar-refractivity contribution in [1.82, 2.24) is 10.2 Å². The van der Waals surface area contributed by atoms with Crippen molar-refractivity contribution in [3.8, 4) is 12.1 Å². The number of aromatic amines is 1. The minimum Gasteiger partial charge on any atom is -0.263 e. The van der Waals surface area contributed by atoms with E-state index in [0.717, 1.165) is 6.07 Å². The van der Waals surface area contributed by atoms with E-state index in [1.54, 1.807) is 6.07 Å². The molecule has 1 aromatic heterocycles. The molecular formula is C11H6ClN5O2S. The van der Waals surface area contributed by atoms with Gasteiger partial charge < -0.3 is 0 Å². The maximum absolute atomic E-state index is 12.2. The van der Waals surface area contributed by atoms with Crippen molar-refractivity contribution in [3.05, 3.63) is 40.5 Å². The minimum atomic E-state index is -4.03. The van der Waals surface area contributed by atoms with Crippen molar-refractivity contribution in [2.45, 2.75) is 4.90 Å². The van der Waals surface area contributed by atoms with Crippen LogP contribution in [0.1, 0.15) is 11.1 Å². The Hall–Kier alpha value is -2.55. The Morgan fingerprint density at radius 3 is 2.70 bits per heavy atom. The molecule has 0 radical (unpaired) electrons. The monoisotopic (exact) mass is 307 g/mol. The predicted molar refractivity (Wildman–Crippen MR) is 70.3 cm³/mol. The van der Waals surface area contributed by atoms with Crippen LogP contribution in [0.2, 0.25) is 5.02 Å². The smallest absolute Gasteiger partial charge is 0.263 e. The highest BCUT2D eigenvalue weighted by molar-refractivity contribution is 7.92. The zero-order valence-electron chi connectivity index (χ0n) is 9.75. The van der Waals surface area contributed by atoms with Crippen LogP contribution in [0.3, 0.4) is 0 Å². The first-order valence-electron chi connectivity index (χ1n) is 5.14. The van der Waals surface area contributed by atoms with Crippen molar-refractivity contribution in [3.63, 3.8) is 0 Å².